The van der Waals surface area contributed by atoms with Crippen LogP contribution in [0, 0.1) is 0 Å². The van der Waals surface area contributed by atoms with E-state index >= 15 is 0 Å². The summed E-state index contributed by atoms with van der Waals surface area (Å²) in [6.07, 6.45) is 0.426. The van der Waals surface area contributed by atoms with Crippen LogP contribution in [-0.4, -0.2) is 22.2 Å². The fourth-order valence-electron chi connectivity index (χ4n) is 1.96. The van der Waals surface area contributed by atoms with Crippen LogP contribution in [0.3, 0.4) is 0 Å². The van der Waals surface area contributed by atoms with Crippen molar-refractivity contribution in [2.75, 3.05) is 6.61 Å². The van der Waals surface area contributed by atoms with Crippen molar-refractivity contribution in [3.8, 4) is 0 Å². The summed E-state index contributed by atoms with van der Waals surface area (Å²) in [7, 11) is 1.84. The van der Waals surface area contributed by atoms with Crippen molar-refractivity contribution in [2.24, 2.45) is 7.05 Å². The summed E-state index contributed by atoms with van der Waals surface area (Å²) in [6.45, 7) is 1.94. The number of esters is 1. The first-order valence-electron chi connectivity index (χ1n) is 5.63. The zero-order valence-corrected chi connectivity index (χ0v) is 10.9. The molecule has 1 heterocycles. The lowest BCUT2D eigenvalue weighted by Gasteiger charge is -2.08. The fourth-order valence-corrected chi connectivity index (χ4v) is 2.13. The monoisotopic (exact) mass is 267 g/mol. The Labute approximate surface area is 110 Å². The topological polar surface area (TPSA) is 51.5 Å². The maximum absolute atomic E-state index is 11.6. The SMILES string of the molecule is CCOC(=O)C(O)c1cn(C)c2ccc(Cl)cc12. The van der Waals surface area contributed by atoms with E-state index in [9.17, 15) is 9.90 Å². The Morgan fingerprint density at radius 3 is 2.94 bits per heavy atom. The van der Waals surface area contributed by atoms with E-state index in [1.165, 1.54) is 0 Å². The van der Waals surface area contributed by atoms with Gasteiger partial charge in [0.1, 0.15) is 0 Å². The minimum atomic E-state index is -1.29. The molecule has 1 aromatic heterocycles. The minimum Gasteiger partial charge on any atom is -0.464 e. The van der Waals surface area contributed by atoms with Crippen LogP contribution in [0.4, 0.5) is 0 Å². The minimum absolute atomic E-state index is 0.238. The number of ether oxygens (including phenoxy) is 1. The van der Waals surface area contributed by atoms with Crippen LogP contribution in [0.15, 0.2) is 24.4 Å². The first-order valence-corrected chi connectivity index (χ1v) is 6.01. The van der Waals surface area contributed by atoms with Gasteiger partial charge in [0, 0.05) is 34.7 Å². The number of aliphatic hydroxyl groups is 1. The van der Waals surface area contributed by atoms with Gasteiger partial charge in [-0.05, 0) is 25.1 Å². The predicted octanol–water partition coefficient (Wildman–Crippen LogP) is 2.43. The van der Waals surface area contributed by atoms with Crippen molar-refractivity contribution < 1.29 is 14.6 Å². The Morgan fingerprint density at radius 2 is 2.28 bits per heavy atom. The maximum Gasteiger partial charge on any atom is 0.339 e. The van der Waals surface area contributed by atoms with Crippen molar-refractivity contribution in [3.63, 3.8) is 0 Å². The van der Waals surface area contributed by atoms with Gasteiger partial charge in [-0.3, -0.25) is 0 Å². The van der Waals surface area contributed by atoms with Crippen molar-refractivity contribution in [2.45, 2.75) is 13.0 Å². The fraction of sp³-hybridized carbons (Fsp3) is 0.308. The highest BCUT2D eigenvalue weighted by atomic mass is 35.5. The lowest BCUT2D eigenvalue weighted by Crippen LogP contribution is -2.15. The number of benzene rings is 1. The van der Waals surface area contributed by atoms with E-state index in [1.54, 1.807) is 25.3 Å². The Bertz CT molecular complexity index is 591. The van der Waals surface area contributed by atoms with Gasteiger partial charge in [0.25, 0.3) is 0 Å². The molecule has 0 spiro atoms. The van der Waals surface area contributed by atoms with Crippen LogP contribution in [0.5, 0.6) is 0 Å². The molecule has 0 saturated carbocycles. The van der Waals surface area contributed by atoms with Gasteiger partial charge in [0.05, 0.1) is 6.61 Å². The molecule has 2 aromatic rings. The molecule has 96 valence electrons. The van der Waals surface area contributed by atoms with Crippen molar-refractivity contribution in [1.82, 2.24) is 4.57 Å². The maximum atomic E-state index is 11.6. The standard InChI is InChI=1S/C13H14ClNO3/c1-3-18-13(17)12(16)10-7-15(2)11-5-4-8(14)6-9(10)11/h4-7,12,16H,3H2,1-2H3. The first-order chi connectivity index (χ1) is 8.54. The molecule has 1 aromatic carbocycles. The lowest BCUT2D eigenvalue weighted by molar-refractivity contribution is -0.153. The van der Waals surface area contributed by atoms with Gasteiger partial charge >= 0.3 is 5.97 Å². The molecule has 0 amide bonds. The number of carbonyl (C=O) groups excluding carboxylic acids is 1. The number of aromatic nitrogens is 1. The molecule has 5 heteroatoms. The Balaban J connectivity index is 2.50. The van der Waals surface area contributed by atoms with Crippen molar-refractivity contribution in [3.05, 3.63) is 35.0 Å². The highest BCUT2D eigenvalue weighted by Gasteiger charge is 2.22. The highest BCUT2D eigenvalue weighted by molar-refractivity contribution is 6.31. The number of hydrogen-bond donors (Lipinski definition) is 1. The molecule has 4 nitrogen and oxygen atoms in total. The van der Waals surface area contributed by atoms with Crippen LogP contribution in [-0.2, 0) is 16.6 Å². The Hall–Kier alpha value is -1.52. The van der Waals surface area contributed by atoms with Crippen LogP contribution < -0.4 is 0 Å². The number of fused-ring (bicyclic) bond motifs is 1. The quantitative estimate of drug-likeness (QED) is 0.869. The summed E-state index contributed by atoms with van der Waals surface area (Å²) in [4.78, 5) is 11.6. The molecule has 1 N–H and O–H groups in total. The number of halogens is 1. The Morgan fingerprint density at radius 1 is 1.56 bits per heavy atom. The molecular formula is C13H14ClNO3. The first kappa shape index (κ1) is 12.9. The summed E-state index contributed by atoms with van der Waals surface area (Å²) < 4.78 is 6.65. The van der Waals surface area contributed by atoms with E-state index in [4.69, 9.17) is 16.3 Å². The van der Waals surface area contributed by atoms with E-state index in [0.29, 0.717) is 10.6 Å². The summed E-state index contributed by atoms with van der Waals surface area (Å²) in [6, 6.07) is 5.35. The molecule has 0 aliphatic rings. The van der Waals surface area contributed by atoms with E-state index < -0.39 is 12.1 Å². The normalized spacial score (nSPS) is 12.7. The zero-order chi connectivity index (χ0) is 13.3. The van der Waals surface area contributed by atoms with E-state index in [0.717, 1.165) is 10.9 Å². The van der Waals surface area contributed by atoms with Gasteiger partial charge in [-0.15, -0.1) is 0 Å². The third kappa shape index (κ3) is 2.21. The third-order valence-corrected chi connectivity index (χ3v) is 3.02. The molecule has 0 aliphatic carbocycles. The third-order valence-electron chi connectivity index (χ3n) is 2.79. The van der Waals surface area contributed by atoms with Gasteiger partial charge in [0.15, 0.2) is 6.10 Å². The molecule has 18 heavy (non-hydrogen) atoms. The number of carbonyl (C=O) groups is 1. The van der Waals surface area contributed by atoms with E-state index in [1.807, 2.05) is 17.7 Å². The number of aliphatic hydroxyl groups excluding tert-OH is 1. The molecule has 0 aliphatic heterocycles. The number of hydrogen-bond acceptors (Lipinski definition) is 3. The van der Waals surface area contributed by atoms with Crippen molar-refractivity contribution >= 4 is 28.5 Å². The van der Waals surface area contributed by atoms with Gasteiger partial charge in [-0.2, -0.15) is 0 Å². The summed E-state index contributed by atoms with van der Waals surface area (Å²) in [5, 5.41) is 11.3. The molecule has 0 fully saturated rings. The second-order valence-electron chi connectivity index (χ2n) is 4.01. The molecular weight excluding hydrogens is 254 g/mol. The largest absolute Gasteiger partial charge is 0.464 e. The van der Waals surface area contributed by atoms with E-state index in [2.05, 4.69) is 0 Å². The number of aryl methyl sites for hydroxylation is 1. The summed E-state index contributed by atoms with van der Waals surface area (Å²) in [5.41, 5.74) is 1.41. The van der Waals surface area contributed by atoms with Crippen molar-refractivity contribution in [1.29, 1.82) is 0 Å². The van der Waals surface area contributed by atoms with Crippen LogP contribution in [0.2, 0.25) is 5.02 Å². The summed E-state index contributed by atoms with van der Waals surface area (Å²) in [5.74, 6) is -0.648. The average Bonchev–Trinajstić information content (AvgIpc) is 2.65. The number of rotatable bonds is 3. The van der Waals surface area contributed by atoms with Gasteiger partial charge < -0.3 is 14.4 Å². The molecule has 2 rings (SSSR count). The highest BCUT2D eigenvalue weighted by Crippen LogP contribution is 2.29. The second-order valence-corrected chi connectivity index (χ2v) is 4.45. The van der Waals surface area contributed by atoms with Gasteiger partial charge in [-0.1, -0.05) is 11.6 Å². The lowest BCUT2D eigenvalue weighted by atomic mass is 10.1. The average molecular weight is 268 g/mol. The van der Waals surface area contributed by atoms with Gasteiger partial charge in [-0.25, -0.2) is 4.79 Å². The van der Waals surface area contributed by atoms with Gasteiger partial charge in [0.2, 0.25) is 0 Å². The summed E-state index contributed by atoms with van der Waals surface area (Å²) >= 11 is 5.94. The number of nitrogens with zero attached hydrogens (tertiary/aromatic N) is 1. The molecule has 0 radical (unpaired) electrons. The van der Waals surface area contributed by atoms with Crippen LogP contribution >= 0.6 is 11.6 Å². The second kappa shape index (κ2) is 5.00. The van der Waals surface area contributed by atoms with Crippen LogP contribution in [0.25, 0.3) is 10.9 Å². The smallest absolute Gasteiger partial charge is 0.339 e. The van der Waals surface area contributed by atoms with Crippen LogP contribution in [0.1, 0.15) is 18.6 Å². The molecule has 1 unspecified atom stereocenters. The predicted molar refractivity (Wildman–Crippen MR) is 69.5 cm³/mol. The molecule has 1 atom stereocenters. The molecule has 0 bridgehead atoms. The zero-order valence-electron chi connectivity index (χ0n) is 10.2. The van der Waals surface area contributed by atoms with E-state index in [-0.39, 0.29) is 6.61 Å². The Kier molecular flexibility index (Phi) is 3.59. The molecule has 0 saturated heterocycles.